The largest absolute Gasteiger partial charge is 0.480 e. The van der Waals surface area contributed by atoms with Gasteiger partial charge in [0.15, 0.2) is 5.65 Å². The standard InChI is InChI=1S/C17H25N5O3.C2H2O4.C2H6/c1-2-25-11-10-22-16-14(4-3-7-18-16)20-17(22)19-13-5-8-21(9-6-13)12-15(23)24;3-1(4)2(5)6;1-2/h3-4,7,13H,2,5-6,8-12H2,1H3,(H,19,20)(H,23,24);(H,3,4)(H,5,6);1-2H3. The number of hydrogen-bond donors (Lipinski definition) is 4. The van der Waals surface area contributed by atoms with Gasteiger partial charge >= 0.3 is 17.9 Å². The summed E-state index contributed by atoms with van der Waals surface area (Å²) in [4.78, 5) is 40.1. The second-order valence-corrected chi connectivity index (χ2v) is 6.83. The number of carbonyl (C=O) groups is 3. The Morgan fingerprint density at radius 1 is 1.15 bits per heavy atom. The molecule has 0 aliphatic carbocycles. The smallest absolute Gasteiger partial charge is 0.414 e. The first-order chi connectivity index (χ1) is 15.8. The summed E-state index contributed by atoms with van der Waals surface area (Å²) in [6.45, 7) is 9.65. The van der Waals surface area contributed by atoms with Gasteiger partial charge in [0, 0.05) is 31.9 Å². The van der Waals surface area contributed by atoms with E-state index in [1.807, 2.05) is 37.8 Å². The monoisotopic (exact) mass is 467 g/mol. The lowest BCUT2D eigenvalue weighted by Gasteiger charge is -2.31. The van der Waals surface area contributed by atoms with Gasteiger partial charge in [0.1, 0.15) is 5.52 Å². The van der Waals surface area contributed by atoms with Gasteiger partial charge in [-0.1, -0.05) is 13.8 Å². The molecule has 12 heteroatoms. The first-order valence-corrected chi connectivity index (χ1v) is 10.9. The highest BCUT2D eigenvalue weighted by atomic mass is 16.5. The summed E-state index contributed by atoms with van der Waals surface area (Å²) in [6, 6.07) is 4.13. The van der Waals surface area contributed by atoms with Gasteiger partial charge in [-0.3, -0.25) is 14.3 Å². The fraction of sp³-hybridized carbons (Fsp3) is 0.571. The summed E-state index contributed by atoms with van der Waals surface area (Å²) in [7, 11) is 0. The maximum atomic E-state index is 10.8. The van der Waals surface area contributed by atoms with Crippen LogP contribution in [0.5, 0.6) is 0 Å². The number of carboxylic acid groups (broad SMARTS) is 3. The first kappa shape index (κ1) is 27.8. The molecule has 12 nitrogen and oxygen atoms in total. The van der Waals surface area contributed by atoms with Gasteiger partial charge in [-0.05, 0) is 31.9 Å². The van der Waals surface area contributed by atoms with Crippen molar-refractivity contribution in [2.75, 3.05) is 38.2 Å². The number of nitrogens with one attached hydrogen (secondary N) is 1. The van der Waals surface area contributed by atoms with Gasteiger partial charge in [-0.25, -0.2) is 19.6 Å². The second kappa shape index (κ2) is 14.7. The molecule has 1 aliphatic heterocycles. The summed E-state index contributed by atoms with van der Waals surface area (Å²) in [5.74, 6) is -3.61. The molecule has 0 atom stereocenters. The third-order valence-electron chi connectivity index (χ3n) is 4.63. The highest BCUT2D eigenvalue weighted by Gasteiger charge is 2.22. The number of hydrogen-bond acceptors (Lipinski definition) is 8. The van der Waals surface area contributed by atoms with Crippen LogP contribution in [-0.4, -0.2) is 91.6 Å². The Labute approximate surface area is 192 Å². The number of aliphatic carboxylic acids is 3. The zero-order valence-corrected chi connectivity index (χ0v) is 19.2. The Bertz CT molecular complexity index is 882. The first-order valence-electron chi connectivity index (χ1n) is 10.9. The number of ether oxygens (including phenoxy) is 1. The van der Waals surface area contributed by atoms with E-state index in [0.717, 1.165) is 43.0 Å². The summed E-state index contributed by atoms with van der Waals surface area (Å²) in [6.07, 6.45) is 3.57. The average molecular weight is 468 g/mol. The number of pyridine rings is 1. The van der Waals surface area contributed by atoms with Crippen molar-refractivity contribution in [1.82, 2.24) is 19.4 Å². The van der Waals surface area contributed by atoms with Crippen molar-refractivity contribution in [3.05, 3.63) is 18.3 Å². The molecule has 0 radical (unpaired) electrons. The minimum atomic E-state index is -1.82. The summed E-state index contributed by atoms with van der Waals surface area (Å²) in [5.41, 5.74) is 1.72. The molecule has 184 valence electrons. The zero-order chi connectivity index (χ0) is 24.8. The second-order valence-electron chi connectivity index (χ2n) is 6.83. The minimum Gasteiger partial charge on any atom is -0.480 e. The number of anilines is 1. The number of imidazole rings is 1. The lowest BCUT2D eigenvalue weighted by Crippen LogP contribution is -2.41. The Morgan fingerprint density at radius 3 is 2.33 bits per heavy atom. The summed E-state index contributed by atoms with van der Waals surface area (Å²) < 4.78 is 7.55. The van der Waals surface area contributed by atoms with Gasteiger partial charge in [-0.15, -0.1) is 0 Å². The van der Waals surface area contributed by atoms with E-state index in [9.17, 15) is 4.79 Å². The van der Waals surface area contributed by atoms with Crippen LogP contribution in [-0.2, 0) is 25.7 Å². The highest BCUT2D eigenvalue weighted by molar-refractivity contribution is 6.27. The van der Waals surface area contributed by atoms with Crippen LogP contribution in [0, 0.1) is 0 Å². The number of piperidine rings is 1. The summed E-state index contributed by atoms with van der Waals surface area (Å²) in [5, 5.41) is 27.2. The molecule has 0 amide bonds. The fourth-order valence-electron chi connectivity index (χ4n) is 3.19. The predicted octanol–water partition coefficient (Wildman–Crippen LogP) is 1.61. The molecule has 2 aromatic rings. The van der Waals surface area contributed by atoms with E-state index in [0.29, 0.717) is 19.8 Å². The molecule has 33 heavy (non-hydrogen) atoms. The summed E-state index contributed by atoms with van der Waals surface area (Å²) >= 11 is 0. The van der Waals surface area contributed by atoms with Crippen molar-refractivity contribution in [1.29, 1.82) is 0 Å². The van der Waals surface area contributed by atoms with Gasteiger partial charge in [0.25, 0.3) is 0 Å². The van der Waals surface area contributed by atoms with Crippen LogP contribution in [0.4, 0.5) is 5.95 Å². The molecule has 3 rings (SSSR count). The van der Waals surface area contributed by atoms with Crippen LogP contribution < -0.4 is 5.32 Å². The fourth-order valence-corrected chi connectivity index (χ4v) is 3.19. The third kappa shape index (κ3) is 9.41. The maximum Gasteiger partial charge on any atom is 0.414 e. The number of nitrogens with zero attached hydrogens (tertiary/aromatic N) is 4. The number of rotatable bonds is 8. The molecule has 3 heterocycles. The zero-order valence-electron chi connectivity index (χ0n) is 19.2. The maximum absolute atomic E-state index is 10.8. The number of likely N-dealkylation sites (tertiary alicyclic amines) is 1. The van der Waals surface area contributed by atoms with Crippen molar-refractivity contribution in [2.45, 2.75) is 46.2 Å². The van der Waals surface area contributed by atoms with Gasteiger partial charge < -0.3 is 25.4 Å². The molecular weight excluding hydrogens is 434 g/mol. The van der Waals surface area contributed by atoms with Crippen LogP contribution >= 0.6 is 0 Å². The normalized spacial score (nSPS) is 13.9. The van der Waals surface area contributed by atoms with Crippen LogP contribution in [0.3, 0.4) is 0 Å². The topological polar surface area (TPSA) is 167 Å². The van der Waals surface area contributed by atoms with E-state index < -0.39 is 17.9 Å². The quantitative estimate of drug-likeness (QED) is 0.329. The minimum absolute atomic E-state index is 0.115. The average Bonchev–Trinajstić information content (AvgIpc) is 3.14. The molecule has 1 fully saturated rings. The molecule has 4 N–H and O–H groups in total. The Hall–Kier alpha value is -3.25. The van der Waals surface area contributed by atoms with E-state index in [4.69, 9.17) is 29.6 Å². The van der Waals surface area contributed by atoms with E-state index in [1.54, 1.807) is 6.20 Å². The van der Waals surface area contributed by atoms with Crippen LogP contribution in [0.15, 0.2) is 18.3 Å². The number of aromatic nitrogens is 3. The Kier molecular flexibility index (Phi) is 12.4. The molecule has 0 saturated carbocycles. The Morgan fingerprint density at radius 2 is 1.79 bits per heavy atom. The number of fused-ring (bicyclic) bond motifs is 1. The lowest BCUT2D eigenvalue weighted by atomic mass is 10.1. The molecule has 0 unspecified atom stereocenters. The Balaban J connectivity index is 0.000000593. The van der Waals surface area contributed by atoms with Crippen molar-refractivity contribution < 1.29 is 34.4 Å². The molecule has 1 aliphatic rings. The third-order valence-corrected chi connectivity index (χ3v) is 4.63. The van der Waals surface area contributed by atoms with E-state index in [2.05, 4.69) is 19.9 Å². The van der Waals surface area contributed by atoms with Crippen LogP contribution in [0.1, 0.15) is 33.6 Å². The van der Waals surface area contributed by atoms with Gasteiger partial charge in [0.2, 0.25) is 5.95 Å². The van der Waals surface area contributed by atoms with Crippen molar-refractivity contribution >= 4 is 35.0 Å². The van der Waals surface area contributed by atoms with Crippen LogP contribution in [0.25, 0.3) is 11.2 Å². The van der Waals surface area contributed by atoms with Gasteiger partial charge in [0.05, 0.1) is 19.7 Å². The number of carboxylic acids is 3. The van der Waals surface area contributed by atoms with E-state index in [-0.39, 0.29) is 12.6 Å². The lowest BCUT2D eigenvalue weighted by molar-refractivity contribution is -0.159. The molecule has 0 bridgehead atoms. The van der Waals surface area contributed by atoms with E-state index >= 15 is 0 Å². The highest BCUT2D eigenvalue weighted by Crippen LogP contribution is 2.21. The van der Waals surface area contributed by atoms with Crippen LogP contribution in [0.2, 0.25) is 0 Å². The molecular formula is C21H33N5O7. The van der Waals surface area contributed by atoms with Gasteiger partial charge in [-0.2, -0.15) is 0 Å². The van der Waals surface area contributed by atoms with Crippen molar-refractivity contribution in [2.24, 2.45) is 0 Å². The molecule has 2 aromatic heterocycles. The predicted molar refractivity (Wildman–Crippen MR) is 121 cm³/mol. The molecule has 1 saturated heterocycles. The van der Waals surface area contributed by atoms with Crippen molar-refractivity contribution in [3.63, 3.8) is 0 Å². The van der Waals surface area contributed by atoms with E-state index in [1.165, 1.54) is 0 Å². The SMILES string of the molecule is CC.CCOCCn1c(NC2CCN(CC(=O)O)CC2)nc2cccnc21.O=C(O)C(=O)O. The molecule has 0 spiro atoms. The van der Waals surface area contributed by atoms with Crippen molar-refractivity contribution in [3.8, 4) is 0 Å². The molecule has 0 aromatic carbocycles.